The molecule has 0 spiro atoms. The molecule has 0 unspecified atom stereocenters. The Morgan fingerprint density at radius 3 is 2.39 bits per heavy atom. The van der Waals surface area contributed by atoms with Crippen LogP contribution in [0.4, 0.5) is 8.78 Å². The Hall–Kier alpha value is -3.79. The minimum atomic E-state index is -0.715. The first kappa shape index (κ1) is 25.8. The smallest absolute Gasteiger partial charge is 0.251 e. The average Bonchev–Trinajstić information content (AvgIpc) is 3.35. The topological polar surface area (TPSA) is 97.9 Å². The van der Waals surface area contributed by atoms with Gasteiger partial charge in [0.1, 0.15) is 22.6 Å². The van der Waals surface area contributed by atoms with Crippen LogP contribution in [0.1, 0.15) is 47.2 Å². The van der Waals surface area contributed by atoms with Gasteiger partial charge in [-0.15, -0.1) is 10.2 Å². The number of benzene rings is 1. The Bertz CT molecular complexity index is 1480. The SMILES string of the molecule is Cc1cc(-c2nnc(-c3c(C)nc(C)nc3C3CCN(C(=O)Cc4c(F)cccc4F)CC3)o2)cc(Cl)n1. The highest BCUT2D eigenvalue weighted by Crippen LogP contribution is 2.36. The number of amides is 1. The minimum absolute atomic E-state index is 0.00705. The summed E-state index contributed by atoms with van der Waals surface area (Å²) in [5.74, 6) is -0.513. The highest BCUT2D eigenvalue weighted by molar-refractivity contribution is 6.29. The van der Waals surface area contributed by atoms with Gasteiger partial charge in [0.2, 0.25) is 11.8 Å². The summed E-state index contributed by atoms with van der Waals surface area (Å²) >= 11 is 6.10. The molecule has 38 heavy (non-hydrogen) atoms. The van der Waals surface area contributed by atoms with Crippen molar-refractivity contribution in [2.75, 3.05) is 13.1 Å². The van der Waals surface area contributed by atoms with Crippen molar-refractivity contribution in [1.82, 2.24) is 30.0 Å². The van der Waals surface area contributed by atoms with Crippen LogP contribution in [-0.2, 0) is 11.2 Å². The second-order valence-electron chi connectivity index (χ2n) is 9.38. The molecule has 5 rings (SSSR count). The van der Waals surface area contributed by atoms with Crippen molar-refractivity contribution in [3.05, 3.63) is 75.6 Å². The molecule has 4 heterocycles. The molecule has 1 aromatic carbocycles. The number of hydrogen-bond donors (Lipinski definition) is 0. The van der Waals surface area contributed by atoms with E-state index in [0.29, 0.717) is 65.5 Å². The summed E-state index contributed by atoms with van der Waals surface area (Å²) in [6, 6.07) is 7.07. The Kier molecular flexibility index (Phi) is 7.16. The summed E-state index contributed by atoms with van der Waals surface area (Å²) in [6.07, 6.45) is 0.923. The van der Waals surface area contributed by atoms with Crippen molar-refractivity contribution in [2.45, 2.75) is 46.0 Å². The van der Waals surface area contributed by atoms with Crippen molar-refractivity contribution < 1.29 is 18.0 Å². The summed E-state index contributed by atoms with van der Waals surface area (Å²) < 4.78 is 34.1. The van der Waals surface area contributed by atoms with Crippen LogP contribution in [0, 0.1) is 32.4 Å². The molecule has 1 aliphatic rings. The zero-order valence-electron chi connectivity index (χ0n) is 21.1. The van der Waals surface area contributed by atoms with Gasteiger partial charge in [0.25, 0.3) is 5.89 Å². The Morgan fingerprint density at radius 2 is 1.71 bits per heavy atom. The average molecular weight is 539 g/mol. The maximum Gasteiger partial charge on any atom is 0.251 e. The van der Waals surface area contributed by atoms with Crippen LogP contribution < -0.4 is 0 Å². The predicted octanol–water partition coefficient (Wildman–Crippen LogP) is 5.39. The number of piperidine rings is 1. The lowest BCUT2D eigenvalue weighted by molar-refractivity contribution is -0.131. The van der Waals surface area contributed by atoms with Crippen LogP contribution in [0.25, 0.3) is 22.9 Å². The van der Waals surface area contributed by atoms with Gasteiger partial charge in [-0.1, -0.05) is 17.7 Å². The normalized spacial score (nSPS) is 14.2. The third-order valence-corrected chi connectivity index (χ3v) is 6.86. The zero-order chi connectivity index (χ0) is 27.0. The van der Waals surface area contributed by atoms with Crippen LogP contribution in [0.15, 0.2) is 34.7 Å². The minimum Gasteiger partial charge on any atom is -0.416 e. The fourth-order valence-corrected chi connectivity index (χ4v) is 5.11. The Balaban J connectivity index is 1.37. The molecule has 11 heteroatoms. The van der Waals surface area contributed by atoms with Gasteiger partial charge in [-0.25, -0.2) is 23.7 Å². The van der Waals surface area contributed by atoms with E-state index in [0.717, 1.165) is 23.5 Å². The molecule has 0 N–H and O–H groups in total. The number of rotatable bonds is 5. The second kappa shape index (κ2) is 10.5. The van der Waals surface area contributed by atoms with Gasteiger partial charge < -0.3 is 9.32 Å². The molecule has 0 bridgehead atoms. The molecule has 0 atom stereocenters. The van der Waals surface area contributed by atoms with Crippen molar-refractivity contribution in [3.63, 3.8) is 0 Å². The summed E-state index contributed by atoms with van der Waals surface area (Å²) in [7, 11) is 0. The van der Waals surface area contributed by atoms with E-state index in [4.69, 9.17) is 21.0 Å². The Morgan fingerprint density at radius 1 is 1.03 bits per heavy atom. The molecule has 1 amide bonds. The quantitative estimate of drug-likeness (QED) is 0.314. The molecule has 8 nitrogen and oxygen atoms in total. The van der Waals surface area contributed by atoms with E-state index in [1.54, 1.807) is 11.0 Å². The first-order valence-electron chi connectivity index (χ1n) is 12.2. The summed E-state index contributed by atoms with van der Waals surface area (Å²) in [4.78, 5) is 27.9. The first-order valence-corrected chi connectivity index (χ1v) is 12.6. The van der Waals surface area contributed by atoms with Gasteiger partial charge in [-0.2, -0.15) is 0 Å². The second-order valence-corrected chi connectivity index (χ2v) is 9.77. The molecule has 1 aliphatic heterocycles. The molecule has 0 saturated carbocycles. The van der Waals surface area contributed by atoms with Crippen LogP contribution in [0.2, 0.25) is 5.15 Å². The number of pyridine rings is 1. The lowest BCUT2D eigenvalue weighted by Crippen LogP contribution is -2.39. The van der Waals surface area contributed by atoms with Gasteiger partial charge in [0.15, 0.2) is 0 Å². The number of carbonyl (C=O) groups is 1. The molecule has 196 valence electrons. The number of hydrogen-bond acceptors (Lipinski definition) is 7. The molecule has 1 fully saturated rings. The molecule has 3 aromatic heterocycles. The Labute approximate surface area is 223 Å². The van der Waals surface area contributed by atoms with E-state index in [-0.39, 0.29) is 23.8 Å². The van der Waals surface area contributed by atoms with Crippen LogP contribution >= 0.6 is 11.6 Å². The van der Waals surface area contributed by atoms with E-state index in [1.165, 1.54) is 6.07 Å². The van der Waals surface area contributed by atoms with Crippen molar-refractivity contribution >= 4 is 17.5 Å². The molecule has 1 saturated heterocycles. The van der Waals surface area contributed by atoms with Gasteiger partial charge in [0, 0.05) is 35.8 Å². The van der Waals surface area contributed by atoms with Gasteiger partial charge >= 0.3 is 0 Å². The monoisotopic (exact) mass is 538 g/mol. The molecule has 0 radical (unpaired) electrons. The van der Waals surface area contributed by atoms with E-state index < -0.39 is 11.6 Å². The molecular formula is C27H25ClF2N6O2. The molecular weight excluding hydrogens is 514 g/mol. The number of likely N-dealkylation sites (tertiary alicyclic amines) is 1. The highest BCUT2D eigenvalue weighted by Gasteiger charge is 2.30. The van der Waals surface area contributed by atoms with E-state index >= 15 is 0 Å². The third kappa shape index (κ3) is 5.26. The van der Waals surface area contributed by atoms with Crippen molar-refractivity contribution in [2.24, 2.45) is 0 Å². The maximum atomic E-state index is 14.0. The predicted molar refractivity (Wildman–Crippen MR) is 136 cm³/mol. The van der Waals surface area contributed by atoms with Gasteiger partial charge in [-0.05, 0) is 57.9 Å². The van der Waals surface area contributed by atoms with Gasteiger partial charge in [-0.3, -0.25) is 4.79 Å². The van der Waals surface area contributed by atoms with Crippen molar-refractivity contribution in [3.8, 4) is 22.9 Å². The summed E-state index contributed by atoms with van der Waals surface area (Å²) in [6.45, 7) is 6.39. The molecule has 0 aliphatic carbocycles. The van der Waals surface area contributed by atoms with Crippen molar-refractivity contribution in [1.29, 1.82) is 0 Å². The van der Waals surface area contributed by atoms with E-state index in [9.17, 15) is 13.6 Å². The zero-order valence-corrected chi connectivity index (χ0v) is 21.9. The lowest BCUT2D eigenvalue weighted by atomic mass is 9.89. The number of aryl methyl sites for hydroxylation is 3. The van der Waals surface area contributed by atoms with Crippen LogP contribution in [0.5, 0.6) is 0 Å². The molecule has 4 aromatic rings. The van der Waals surface area contributed by atoms with Crippen LogP contribution in [0.3, 0.4) is 0 Å². The van der Waals surface area contributed by atoms with E-state index in [2.05, 4.69) is 20.2 Å². The third-order valence-electron chi connectivity index (χ3n) is 6.66. The number of carbonyl (C=O) groups excluding carboxylic acids is 1. The fraction of sp³-hybridized carbons (Fsp3) is 0.333. The van der Waals surface area contributed by atoms with Gasteiger partial charge in [0.05, 0.1) is 23.4 Å². The highest BCUT2D eigenvalue weighted by atomic mass is 35.5. The summed E-state index contributed by atoms with van der Waals surface area (Å²) in [5.41, 5.74) is 3.33. The number of nitrogens with zero attached hydrogens (tertiary/aromatic N) is 6. The fourth-order valence-electron chi connectivity index (χ4n) is 4.86. The lowest BCUT2D eigenvalue weighted by Gasteiger charge is -2.32. The first-order chi connectivity index (χ1) is 18.2. The van der Waals surface area contributed by atoms with Crippen LogP contribution in [-0.4, -0.2) is 49.0 Å². The largest absolute Gasteiger partial charge is 0.416 e. The standard InChI is InChI=1S/C27H25ClF2N6O2/c1-14-11-18(12-22(28)31-14)26-34-35-27(38-26)24-15(2)32-16(3)33-25(24)17-7-9-36(10-8-17)23(37)13-19-20(29)5-4-6-21(19)30/h4-6,11-12,17H,7-10,13H2,1-3H3. The van der Waals surface area contributed by atoms with E-state index in [1.807, 2.05) is 26.8 Å². The number of halogens is 3. The number of aromatic nitrogens is 5. The summed E-state index contributed by atoms with van der Waals surface area (Å²) in [5, 5.41) is 8.82. The maximum absolute atomic E-state index is 14.0.